The molecular formula is C12H10F3N3O. The Kier molecular flexibility index (Phi) is 3.28. The second-order valence-electron chi connectivity index (χ2n) is 3.82. The van der Waals surface area contributed by atoms with Crippen LogP contribution in [0.25, 0.3) is 0 Å². The van der Waals surface area contributed by atoms with Crippen LogP contribution in [0.1, 0.15) is 11.1 Å². The van der Waals surface area contributed by atoms with E-state index in [2.05, 4.69) is 9.97 Å². The minimum Gasteiger partial charge on any atom is -0.439 e. The van der Waals surface area contributed by atoms with E-state index in [4.69, 9.17) is 10.5 Å². The highest BCUT2D eigenvalue weighted by Gasteiger charge is 2.30. The van der Waals surface area contributed by atoms with Crippen LogP contribution in [-0.2, 0) is 6.18 Å². The Morgan fingerprint density at radius 1 is 1.21 bits per heavy atom. The Labute approximate surface area is 107 Å². The summed E-state index contributed by atoms with van der Waals surface area (Å²) in [6.07, 6.45) is -3.23. The molecule has 0 saturated heterocycles. The number of benzene rings is 1. The summed E-state index contributed by atoms with van der Waals surface area (Å²) in [6, 6.07) is 4.54. The third-order valence-corrected chi connectivity index (χ3v) is 2.45. The van der Waals surface area contributed by atoms with Crippen molar-refractivity contribution >= 4 is 5.82 Å². The molecule has 0 aliphatic heterocycles. The summed E-state index contributed by atoms with van der Waals surface area (Å²) in [4.78, 5) is 7.58. The van der Waals surface area contributed by atoms with Gasteiger partial charge in [-0.1, -0.05) is 6.07 Å². The van der Waals surface area contributed by atoms with E-state index in [-0.39, 0.29) is 17.4 Å². The number of ether oxygens (including phenoxy) is 1. The molecule has 19 heavy (non-hydrogen) atoms. The number of aromatic nitrogens is 2. The van der Waals surface area contributed by atoms with Crippen molar-refractivity contribution in [3.05, 3.63) is 41.7 Å². The SMILES string of the molecule is Cc1c(N)ncnc1Oc1cccc(C(F)(F)F)c1. The molecule has 0 aliphatic rings. The van der Waals surface area contributed by atoms with Gasteiger partial charge in [-0.3, -0.25) is 0 Å². The van der Waals surface area contributed by atoms with E-state index in [1.165, 1.54) is 18.5 Å². The molecule has 0 bridgehead atoms. The lowest BCUT2D eigenvalue weighted by Crippen LogP contribution is -2.05. The number of anilines is 1. The first-order valence-electron chi connectivity index (χ1n) is 5.30. The molecule has 100 valence electrons. The van der Waals surface area contributed by atoms with Gasteiger partial charge in [0.2, 0.25) is 5.88 Å². The normalized spacial score (nSPS) is 11.4. The first kappa shape index (κ1) is 13.1. The lowest BCUT2D eigenvalue weighted by atomic mass is 10.2. The number of alkyl halides is 3. The highest BCUT2D eigenvalue weighted by Crippen LogP contribution is 2.33. The van der Waals surface area contributed by atoms with E-state index in [0.717, 1.165) is 12.1 Å². The molecule has 4 nitrogen and oxygen atoms in total. The Bertz CT molecular complexity index is 599. The Balaban J connectivity index is 2.31. The van der Waals surface area contributed by atoms with Crippen molar-refractivity contribution < 1.29 is 17.9 Å². The van der Waals surface area contributed by atoms with Gasteiger partial charge >= 0.3 is 6.18 Å². The van der Waals surface area contributed by atoms with E-state index in [1.54, 1.807) is 6.92 Å². The zero-order valence-electron chi connectivity index (χ0n) is 9.90. The zero-order chi connectivity index (χ0) is 14.0. The van der Waals surface area contributed by atoms with Crippen LogP contribution in [0, 0.1) is 6.92 Å². The maximum Gasteiger partial charge on any atom is 0.416 e. The topological polar surface area (TPSA) is 61.0 Å². The molecule has 7 heteroatoms. The monoisotopic (exact) mass is 269 g/mol. The predicted octanol–water partition coefficient (Wildman–Crippen LogP) is 3.18. The number of hydrogen-bond acceptors (Lipinski definition) is 4. The second-order valence-corrected chi connectivity index (χ2v) is 3.82. The second kappa shape index (κ2) is 4.75. The van der Waals surface area contributed by atoms with Gasteiger partial charge in [-0.25, -0.2) is 9.97 Å². The van der Waals surface area contributed by atoms with Crippen LogP contribution in [0.3, 0.4) is 0 Å². The largest absolute Gasteiger partial charge is 0.439 e. The van der Waals surface area contributed by atoms with E-state index in [0.29, 0.717) is 5.56 Å². The lowest BCUT2D eigenvalue weighted by Gasteiger charge is -2.11. The summed E-state index contributed by atoms with van der Waals surface area (Å²) in [5.41, 5.74) is 5.25. The minimum absolute atomic E-state index is 0.0380. The first-order valence-corrected chi connectivity index (χ1v) is 5.30. The van der Waals surface area contributed by atoms with Crippen molar-refractivity contribution in [1.82, 2.24) is 9.97 Å². The van der Waals surface area contributed by atoms with Gasteiger partial charge in [0.05, 0.1) is 11.1 Å². The standard InChI is InChI=1S/C12H10F3N3O/c1-7-10(16)17-6-18-11(7)19-9-4-2-3-8(5-9)12(13,14)15/h2-6H,1H3,(H2,16,17,18). The van der Waals surface area contributed by atoms with Crippen molar-refractivity contribution in [2.75, 3.05) is 5.73 Å². The van der Waals surface area contributed by atoms with Crippen LogP contribution >= 0.6 is 0 Å². The fraction of sp³-hybridized carbons (Fsp3) is 0.167. The summed E-state index contributed by atoms with van der Waals surface area (Å²) in [5, 5.41) is 0. The van der Waals surface area contributed by atoms with Crippen molar-refractivity contribution in [3.63, 3.8) is 0 Å². The Morgan fingerprint density at radius 2 is 1.95 bits per heavy atom. The fourth-order valence-corrected chi connectivity index (χ4v) is 1.40. The van der Waals surface area contributed by atoms with Crippen molar-refractivity contribution in [2.24, 2.45) is 0 Å². The molecule has 0 aliphatic carbocycles. The predicted molar refractivity (Wildman–Crippen MR) is 62.7 cm³/mol. The molecule has 1 heterocycles. The molecule has 0 amide bonds. The number of rotatable bonds is 2. The maximum atomic E-state index is 12.5. The molecule has 2 N–H and O–H groups in total. The van der Waals surface area contributed by atoms with Crippen molar-refractivity contribution in [2.45, 2.75) is 13.1 Å². The third kappa shape index (κ3) is 2.93. The minimum atomic E-state index is -4.42. The molecular weight excluding hydrogens is 259 g/mol. The fourth-order valence-electron chi connectivity index (χ4n) is 1.40. The van der Waals surface area contributed by atoms with Crippen molar-refractivity contribution in [1.29, 1.82) is 0 Å². The van der Waals surface area contributed by atoms with E-state index in [9.17, 15) is 13.2 Å². The van der Waals surface area contributed by atoms with Crippen LogP contribution < -0.4 is 10.5 Å². The number of halogens is 3. The quantitative estimate of drug-likeness (QED) is 0.909. The highest BCUT2D eigenvalue weighted by atomic mass is 19.4. The van der Waals surface area contributed by atoms with Crippen LogP contribution in [-0.4, -0.2) is 9.97 Å². The maximum absolute atomic E-state index is 12.5. The zero-order valence-corrected chi connectivity index (χ0v) is 9.90. The van der Waals surface area contributed by atoms with Gasteiger partial charge in [0, 0.05) is 0 Å². The summed E-state index contributed by atoms with van der Waals surface area (Å²) in [6.45, 7) is 1.62. The number of nitrogens with two attached hydrogens (primary N) is 1. The lowest BCUT2D eigenvalue weighted by molar-refractivity contribution is -0.137. The first-order chi connectivity index (χ1) is 8.88. The van der Waals surface area contributed by atoms with Gasteiger partial charge in [0.25, 0.3) is 0 Å². The molecule has 0 atom stereocenters. The molecule has 0 saturated carbocycles. The van der Waals surface area contributed by atoms with Crippen LogP contribution in [0.2, 0.25) is 0 Å². The molecule has 2 rings (SSSR count). The van der Waals surface area contributed by atoms with Gasteiger partial charge < -0.3 is 10.5 Å². The molecule has 0 fully saturated rings. The van der Waals surface area contributed by atoms with E-state index >= 15 is 0 Å². The molecule has 0 spiro atoms. The molecule has 1 aromatic carbocycles. The average molecular weight is 269 g/mol. The summed E-state index contributed by atoms with van der Waals surface area (Å²) in [5.74, 6) is 0.389. The Hall–Kier alpha value is -2.31. The molecule has 0 radical (unpaired) electrons. The molecule has 2 aromatic rings. The number of nitrogens with zero attached hydrogens (tertiary/aromatic N) is 2. The van der Waals surface area contributed by atoms with Gasteiger partial charge in [-0.15, -0.1) is 0 Å². The van der Waals surface area contributed by atoms with Crippen LogP contribution in [0.4, 0.5) is 19.0 Å². The van der Waals surface area contributed by atoms with Gasteiger partial charge in [0.1, 0.15) is 17.9 Å². The smallest absolute Gasteiger partial charge is 0.416 e. The molecule has 1 aromatic heterocycles. The van der Waals surface area contributed by atoms with Crippen LogP contribution in [0.5, 0.6) is 11.6 Å². The van der Waals surface area contributed by atoms with Crippen LogP contribution in [0.15, 0.2) is 30.6 Å². The van der Waals surface area contributed by atoms with Gasteiger partial charge in [-0.05, 0) is 25.1 Å². The summed E-state index contributed by atoms with van der Waals surface area (Å²) < 4.78 is 42.9. The third-order valence-electron chi connectivity index (χ3n) is 2.45. The Morgan fingerprint density at radius 3 is 2.63 bits per heavy atom. The van der Waals surface area contributed by atoms with E-state index in [1.807, 2.05) is 0 Å². The molecule has 0 unspecified atom stereocenters. The van der Waals surface area contributed by atoms with Gasteiger partial charge in [-0.2, -0.15) is 13.2 Å². The van der Waals surface area contributed by atoms with E-state index < -0.39 is 11.7 Å². The summed E-state index contributed by atoms with van der Waals surface area (Å²) >= 11 is 0. The highest BCUT2D eigenvalue weighted by molar-refractivity contribution is 5.45. The average Bonchev–Trinajstić information content (AvgIpc) is 2.34. The number of nitrogen functional groups attached to an aromatic ring is 1. The van der Waals surface area contributed by atoms with Gasteiger partial charge in [0.15, 0.2) is 0 Å². The number of hydrogen-bond donors (Lipinski definition) is 1. The van der Waals surface area contributed by atoms with Crippen molar-refractivity contribution in [3.8, 4) is 11.6 Å². The summed E-state index contributed by atoms with van der Waals surface area (Å²) in [7, 11) is 0.